The second-order valence-electron chi connectivity index (χ2n) is 15.4. The molecular weight excluding hydrogens is 692 g/mol. The first kappa shape index (κ1) is 34.1. The van der Waals surface area contributed by atoms with Crippen LogP contribution in [0.15, 0.2) is 42.1 Å². The van der Waals surface area contributed by atoms with Crippen LogP contribution in [-0.4, -0.2) is 75.4 Å². The van der Waals surface area contributed by atoms with E-state index in [1.807, 2.05) is 13.0 Å². The molecule has 53 heavy (non-hydrogen) atoms. The van der Waals surface area contributed by atoms with Crippen molar-refractivity contribution < 1.29 is 26.3 Å². The number of terminal acetylenes is 1. The molecule has 3 aliphatic heterocycles. The lowest BCUT2D eigenvalue weighted by molar-refractivity contribution is 0.0458. The maximum atomic E-state index is 17.7. The van der Waals surface area contributed by atoms with Gasteiger partial charge in [0.1, 0.15) is 28.5 Å². The van der Waals surface area contributed by atoms with Gasteiger partial charge in [0, 0.05) is 92.8 Å². The van der Waals surface area contributed by atoms with E-state index in [0.29, 0.717) is 58.1 Å². The predicted molar refractivity (Wildman–Crippen MR) is 192 cm³/mol. The molecule has 4 fully saturated rings. The van der Waals surface area contributed by atoms with Gasteiger partial charge in [-0.15, -0.1) is 6.42 Å². The highest BCUT2D eigenvalue weighted by molar-refractivity contribution is 6.18. The number of halogens is 6. The first-order chi connectivity index (χ1) is 25.4. The molecule has 0 radical (unpaired) electrons. The number of aryl methyl sites for hydroxylation is 3. The van der Waals surface area contributed by atoms with E-state index >= 15 is 17.6 Å². The van der Waals surface area contributed by atoms with E-state index in [1.54, 1.807) is 35.0 Å². The number of likely N-dealkylation sites (tertiary alicyclic amines) is 1. The number of anilines is 1. The quantitative estimate of drug-likeness (QED) is 0.137. The number of piperazine rings is 1. The van der Waals surface area contributed by atoms with E-state index in [1.165, 1.54) is 6.07 Å². The Morgan fingerprint density at radius 1 is 1.06 bits per heavy atom. The number of aromatic nitrogens is 4. The summed E-state index contributed by atoms with van der Waals surface area (Å²) in [6.07, 6.45) is 7.55. The Morgan fingerprint density at radius 3 is 2.49 bits per heavy atom. The summed E-state index contributed by atoms with van der Waals surface area (Å²) < 4.78 is 91.5. The largest absolute Gasteiger partial charge is 0.347 e. The summed E-state index contributed by atoms with van der Waals surface area (Å²) >= 11 is 0. The molecule has 2 bridgehead atoms. The van der Waals surface area contributed by atoms with Gasteiger partial charge in [0.25, 0.3) is 12.0 Å². The number of rotatable bonds is 7. The Labute approximate surface area is 302 Å². The van der Waals surface area contributed by atoms with Crippen LogP contribution >= 0.6 is 0 Å². The average Bonchev–Trinajstić information content (AvgIpc) is 3.52. The minimum absolute atomic E-state index is 0.00392. The Hall–Kier alpha value is -4.67. The zero-order chi connectivity index (χ0) is 37.0. The minimum atomic E-state index is -2.97. The van der Waals surface area contributed by atoms with Crippen LogP contribution in [0.1, 0.15) is 49.1 Å². The van der Waals surface area contributed by atoms with Crippen molar-refractivity contribution in [2.75, 3.05) is 37.6 Å². The summed E-state index contributed by atoms with van der Waals surface area (Å²) in [4.78, 5) is 13.8. The van der Waals surface area contributed by atoms with Crippen molar-refractivity contribution in [3.63, 3.8) is 0 Å². The lowest BCUT2D eigenvalue weighted by Crippen LogP contribution is -2.52. The van der Waals surface area contributed by atoms with Crippen molar-refractivity contribution in [2.45, 2.75) is 63.5 Å². The summed E-state index contributed by atoms with van der Waals surface area (Å²) in [6, 6.07) is 6.73. The van der Waals surface area contributed by atoms with E-state index in [0.717, 1.165) is 18.4 Å². The molecule has 13 heteroatoms. The highest BCUT2D eigenvalue weighted by Crippen LogP contribution is 2.63. The fourth-order valence-corrected chi connectivity index (χ4v) is 9.27. The lowest BCUT2D eigenvalue weighted by Gasteiger charge is -2.37. The molecule has 1 aliphatic carbocycles. The molecule has 3 atom stereocenters. The van der Waals surface area contributed by atoms with E-state index in [2.05, 4.69) is 16.1 Å². The van der Waals surface area contributed by atoms with Gasteiger partial charge in [-0.3, -0.25) is 9.58 Å². The molecule has 274 valence electrons. The van der Waals surface area contributed by atoms with Gasteiger partial charge in [0.2, 0.25) is 0 Å². The van der Waals surface area contributed by atoms with E-state index in [9.17, 15) is 8.78 Å². The zero-order valence-electron chi connectivity index (χ0n) is 29.3. The summed E-state index contributed by atoms with van der Waals surface area (Å²) in [5.41, 5.74) is 0.239. The fraction of sp³-hybridized carbons (Fsp3) is 0.425. The Morgan fingerprint density at radius 2 is 1.81 bits per heavy atom. The van der Waals surface area contributed by atoms with Crippen LogP contribution in [0.2, 0.25) is 0 Å². The maximum absolute atomic E-state index is 17.7. The predicted octanol–water partition coefficient (Wildman–Crippen LogP) is 7.66. The number of benzene rings is 3. The molecule has 2 aromatic heterocycles. The number of nitrogens with zero attached hydrogens (tertiary/aromatic N) is 6. The Balaban J connectivity index is 1.24. The van der Waals surface area contributed by atoms with Crippen molar-refractivity contribution in [3.8, 4) is 23.5 Å². The van der Waals surface area contributed by atoms with Crippen molar-refractivity contribution in [1.29, 1.82) is 0 Å². The smallest absolute Gasteiger partial charge is 0.270 e. The van der Waals surface area contributed by atoms with Crippen LogP contribution in [0.25, 0.3) is 43.7 Å². The van der Waals surface area contributed by atoms with Gasteiger partial charge in [0.15, 0.2) is 5.82 Å². The molecule has 9 rings (SSSR count). The number of fused-ring (bicyclic) bond motifs is 6. The number of hydrogen-bond acceptors (Lipinski definition) is 6. The van der Waals surface area contributed by atoms with Crippen LogP contribution in [0.4, 0.5) is 32.2 Å². The zero-order valence-corrected chi connectivity index (χ0v) is 29.3. The first-order valence-corrected chi connectivity index (χ1v) is 18.1. The van der Waals surface area contributed by atoms with Crippen molar-refractivity contribution in [3.05, 3.63) is 70.7 Å². The first-order valence-electron chi connectivity index (χ1n) is 18.1. The van der Waals surface area contributed by atoms with Crippen LogP contribution in [-0.2, 0) is 13.5 Å². The standard InChI is InChI=1S/C40H37F6N7/c1-4-26-29(41)8-5-22-13-21(2)14-27(31(22)26)32-34(42)36-33(28-18-51(3)50-35(28)32)38(53-24-6-7-25(53)16-47-15-24)49-30(48-36)9-11-39(19-40(39,45)46)20-52-12-10-23(17-52)37(43)44/h1,5,8,13-14,18,24-25,47H,6-7,9-12,15-17,19-20H2,2-3H3/t24?,25?,39-/m1/s1. The molecule has 1 N–H and O–H groups in total. The number of hydrogen-bond donors (Lipinski definition) is 1. The van der Waals surface area contributed by atoms with Crippen molar-refractivity contribution in [2.24, 2.45) is 12.5 Å². The highest BCUT2D eigenvalue weighted by atomic mass is 19.3. The van der Waals surface area contributed by atoms with E-state index in [4.69, 9.17) is 21.5 Å². The average molecular weight is 730 g/mol. The molecule has 5 aromatic rings. The van der Waals surface area contributed by atoms with Gasteiger partial charge in [-0.25, -0.2) is 27.5 Å². The van der Waals surface area contributed by atoms with Gasteiger partial charge in [-0.1, -0.05) is 24.1 Å². The Kier molecular flexibility index (Phi) is 7.84. The topological polar surface area (TPSA) is 62.1 Å². The number of nitrogens with one attached hydrogen (secondary N) is 1. The van der Waals surface area contributed by atoms with Crippen LogP contribution in [0.3, 0.4) is 0 Å². The molecule has 3 aromatic carbocycles. The second-order valence-corrected chi connectivity index (χ2v) is 15.4. The van der Waals surface area contributed by atoms with Gasteiger partial charge in [-0.2, -0.15) is 13.9 Å². The molecule has 3 saturated heterocycles. The third-order valence-electron chi connectivity index (χ3n) is 11.9. The second kappa shape index (κ2) is 12.2. The van der Waals surface area contributed by atoms with Gasteiger partial charge < -0.3 is 10.2 Å². The maximum Gasteiger partial charge on any atom is 0.270 e. The molecule has 1 saturated carbocycles. The highest BCUT2D eigenvalue weighted by Gasteiger charge is 2.70. The van der Waals surface area contributed by atoms with Gasteiger partial charge >= 0.3 is 0 Å². The third kappa shape index (κ3) is 5.39. The normalized spacial score (nSPS) is 23.8. The van der Waals surface area contributed by atoms with Crippen molar-refractivity contribution >= 4 is 38.4 Å². The molecule has 2 unspecified atom stereocenters. The molecule has 4 aliphatic rings. The molecule has 7 nitrogen and oxygen atoms in total. The fourth-order valence-electron chi connectivity index (χ4n) is 9.27. The van der Waals surface area contributed by atoms with Crippen LogP contribution < -0.4 is 10.2 Å². The van der Waals surface area contributed by atoms with Crippen molar-refractivity contribution in [1.82, 2.24) is 30.0 Å². The van der Waals surface area contributed by atoms with Gasteiger partial charge in [0.05, 0.1) is 16.4 Å². The third-order valence-corrected chi connectivity index (χ3v) is 11.9. The van der Waals surface area contributed by atoms with E-state index < -0.39 is 29.1 Å². The van der Waals surface area contributed by atoms with E-state index in [-0.39, 0.29) is 78.9 Å². The number of alkyl halides is 2. The molecular formula is C40H37F6N7. The Bertz CT molecular complexity index is 2410. The van der Waals surface area contributed by atoms with Crippen LogP contribution in [0, 0.1) is 36.3 Å². The van der Waals surface area contributed by atoms with Gasteiger partial charge in [-0.05, 0) is 55.2 Å². The SMILES string of the molecule is C#Cc1c(F)ccc2cc(C)cc(-c3c(F)c4nc(CC[C@]5(CN6CCC(=C(F)F)C6)CC5(F)F)nc(N5C6CCC5CNC6)c4c4cn(C)nc34)c12. The lowest BCUT2D eigenvalue weighted by atomic mass is 9.90. The molecule has 5 heterocycles. The molecule has 0 spiro atoms. The molecule has 0 amide bonds. The minimum Gasteiger partial charge on any atom is -0.347 e. The summed E-state index contributed by atoms with van der Waals surface area (Å²) in [6.45, 7) is 3.53. The van der Waals surface area contributed by atoms with Crippen LogP contribution in [0.5, 0.6) is 0 Å². The summed E-state index contributed by atoms with van der Waals surface area (Å²) in [5, 5.41) is 10.3. The summed E-state index contributed by atoms with van der Waals surface area (Å²) in [5.74, 6) is -1.03. The monoisotopic (exact) mass is 729 g/mol. The summed E-state index contributed by atoms with van der Waals surface area (Å²) in [7, 11) is 1.74.